The van der Waals surface area contributed by atoms with Crippen molar-refractivity contribution < 1.29 is 103 Å². The van der Waals surface area contributed by atoms with E-state index in [4.69, 9.17) is 85.6 Å². The van der Waals surface area contributed by atoms with Gasteiger partial charge in [-0.1, -0.05) is 74.5 Å². The molecule has 4 aliphatic rings. The van der Waals surface area contributed by atoms with Gasteiger partial charge in [0.05, 0.1) is 98.3 Å². The van der Waals surface area contributed by atoms with Crippen LogP contribution in [0.3, 0.4) is 0 Å². The van der Waals surface area contributed by atoms with Crippen LogP contribution in [0.15, 0.2) is 113 Å². The minimum absolute atomic E-state index is 0. The summed E-state index contributed by atoms with van der Waals surface area (Å²) in [4.78, 5) is 34.8. The second-order valence-electron chi connectivity index (χ2n) is 22.8. The molecule has 4 aromatic heterocycles. The summed E-state index contributed by atoms with van der Waals surface area (Å²) in [6.07, 6.45) is 7.84. The molecular weight excluding hydrogens is 1700 g/mol. The fourth-order valence-corrected chi connectivity index (χ4v) is 16.7. The van der Waals surface area contributed by atoms with Crippen molar-refractivity contribution in [2.75, 3.05) is 13.3 Å². The van der Waals surface area contributed by atoms with Gasteiger partial charge in [-0.25, -0.2) is 38.4 Å². The van der Waals surface area contributed by atoms with Crippen LogP contribution in [-0.2, 0) is 29.6 Å². The zero-order chi connectivity index (χ0) is 64.8. The molecule has 13 rings (SSSR count). The van der Waals surface area contributed by atoms with Crippen LogP contribution < -0.4 is 81.9 Å². The summed E-state index contributed by atoms with van der Waals surface area (Å²) < 4.78 is 56.2. The van der Waals surface area contributed by atoms with Crippen molar-refractivity contribution in [2.24, 2.45) is 4.99 Å². The summed E-state index contributed by atoms with van der Waals surface area (Å²) in [5.41, 5.74) is 8.64. The molecule has 90 heavy (non-hydrogen) atoms. The number of hydrogen-bond acceptors (Lipinski definition) is 13. The molecule has 5 atom stereocenters. The molecule has 0 spiro atoms. The first-order chi connectivity index (χ1) is 42.3. The summed E-state index contributed by atoms with van der Waals surface area (Å²) >= 11 is 40.7. The van der Waals surface area contributed by atoms with Crippen molar-refractivity contribution in [2.45, 2.75) is 108 Å². The number of halogens is 9. The second-order valence-corrected chi connectivity index (χ2v) is 41.8. The first-order valence-electron chi connectivity index (χ1n) is 28.0. The van der Waals surface area contributed by atoms with Crippen LogP contribution in [0.2, 0.25) is 20.1 Å². The molecule has 0 bridgehead atoms. The van der Waals surface area contributed by atoms with Crippen LogP contribution in [0.4, 0.5) is 8.78 Å². The fraction of sp³-hybridized carbons (Fsp3) is 0.317. The first kappa shape index (κ1) is 79.7. The fourth-order valence-electron chi connectivity index (χ4n) is 9.39. The van der Waals surface area contributed by atoms with Crippen molar-refractivity contribution in [1.29, 1.82) is 0 Å². The number of thiazole rings is 2. The van der Waals surface area contributed by atoms with Crippen molar-refractivity contribution in [1.82, 2.24) is 24.5 Å². The maximum atomic E-state index is 14.9. The van der Waals surface area contributed by atoms with Gasteiger partial charge in [-0.05, 0) is 156 Å². The van der Waals surface area contributed by atoms with E-state index in [0.717, 1.165) is 57.4 Å². The van der Waals surface area contributed by atoms with Crippen LogP contribution >= 0.6 is 136 Å². The van der Waals surface area contributed by atoms with Gasteiger partial charge in [0.2, 0.25) is 23.3 Å². The number of ether oxygens (including phenoxy) is 2. The standard InChI is InChI=1S/C21H14BrCl2FN2OS.C21H13Cl2FN2OS.C18H28N2P2.2BrH.3K.HO4P.Pd/c22-14-4-3-12(23)5-11(14)6-16-19-15(25)7-13(24)8-17(19)28-20(27-16)18-9-26-21(29-18)10-1-2-10;22-12-3-4-15-11(5-12)6-16-19-14(24)7-13(23)8-17(19)27-21(26(15)16)18-9-25-20(28-18)10-1-2-10;1-17(2,3)21(7)15-16(22(8)18(4,5)6)20-14-12-10-9-11-13(14)19-15;;;;;;1-4-5(2)3;/h3-5,7-10,20H,1-2,6H2;3-10,21H,1-2H2;9-12H,1-8H3;2*1H;;;;1H;/q;;;;;;;+1;;+2/p-1/t;21-;;;;;;;;/m.0......../s1. The molecule has 0 amide bonds. The van der Waals surface area contributed by atoms with Gasteiger partial charge < -0.3 is 19.6 Å². The molecular formula is C60H57Br3Cl4F2K3N6O6P3PdS2+2. The molecule has 2 saturated carbocycles. The Hall–Kier alpha value is 2.38. The molecule has 2 fully saturated rings. The third kappa shape index (κ3) is 21.0. The van der Waals surface area contributed by atoms with E-state index in [2.05, 4.69) is 137 Å². The Morgan fingerprint density at radius 2 is 1.21 bits per heavy atom. The van der Waals surface area contributed by atoms with Gasteiger partial charge in [0, 0.05) is 60.6 Å². The number of aromatic nitrogens is 5. The molecule has 4 unspecified atom stereocenters. The van der Waals surface area contributed by atoms with E-state index in [1.54, 1.807) is 40.9 Å². The van der Waals surface area contributed by atoms with E-state index >= 15 is 0 Å². The quantitative estimate of drug-likeness (QED) is 0.0589. The van der Waals surface area contributed by atoms with Crippen LogP contribution in [0, 0.1) is 11.6 Å². The number of aliphatic imine (C=N–C) groups is 1. The van der Waals surface area contributed by atoms with E-state index in [-0.39, 0.29) is 66.7 Å². The molecule has 2 aliphatic heterocycles. The van der Waals surface area contributed by atoms with Gasteiger partial charge >= 0.3 is 164 Å². The number of fused-ring (bicyclic) bond motifs is 7. The molecule has 5 aromatic carbocycles. The molecule has 0 radical (unpaired) electrons. The molecule has 464 valence electrons. The second kappa shape index (κ2) is 36.3. The Kier molecular flexibility index (Phi) is 32.2. The van der Waals surface area contributed by atoms with E-state index in [1.807, 2.05) is 53.4 Å². The third-order valence-corrected chi connectivity index (χ3v) is 25.8. The van der Waals surface area contributed by atoms with Crippen molar-refractivity contribution >= 4 is 238 Å². The average molecular weight is 1760 g/mol. The Morgan fingerprint density at radius 1 is 0.733 bits per heavy atom. The number of rotatable bonds is 9. The van der Waals surface area contributed by atoms with E-state index in [1.165, 1.54) is 112 Å². The Balaban J connectivity index is 0.000000179. The Morgan fingerprint density at radius 3 is 1.72 bits per heavy atom. The molecule has 2 aliphatic carbocycles. The molecule has 0 saturated heterocycles. The van der Waals surface area contributed by atoms with Gasteiger partial charge in [0.25, 0.3) is 0 Å². The van der Waals surface area contributed by atoms with Crippen molar-refractivity contribution in [3.63, 3.8) is 0 Å². The SMILES string of the molecule is C[PH+](c1nc2ccccc2nc1[PH+](C)C(C)(C)C)C(C)(C)C.Fc1cc(Cl)cc2c1-c1cc3cc(Cl)ccc3n1[C@H](c1cnc(C3CC3)s1)O2.Fc1cc(Cl)cc2c1C(Cc1cc(Cl)ccc1Br)=NC(c1cnc(C3CC3)s1)O2.O=[P+]([O-])O[O-].[Br][Pd][Br].[K+].[K][K]. The van der Waals surface area contributed by atoms with E-state index in [0.29, 0.717) is 75.6 Å². The molecule has 0 N–H and O–H groups in total. The van der Waals surface area contributed by atoms with Crippen LogP contribution in [0.5, 0.6) is 11.5 Å². The van der Waals surface area contributed by atoms with E-state index < -0.39 is 48.2 Å². The molecule has 9 aromatic rings. The minimum atomic E-state index is -3.15. The molecule has 30 heteroatoms. The number of para-hydroxylation sites is 2. The van der Waals surface area contributed by atoms with Crippen molar-refractivity contribution in [3.05, 3.63) is 170 Å². The van der Waals surface area contributed by atoms with Gasteiger partial charge in [-0.2, -0.15) is 0 Å². The number of hydrogen-bond donors (Lipinski definition) is 0. The van der Waals surface area contributed by atoms with Crippen LogP contribution in [0.25, 0.3) is 33.2 Å². The van der Waals surface area contributed by atoms with Crippen LogP contribution in [0.1, 0.15) is 122 Å². The first-order valence-corrected chi connectivity index (χ1v) is 60.2. The molecule has 6 heterocycles. The summed E-state index contributed by atoms with van der Waals surface area (Å²) in [6.45, 7) is 18.8. The summed E-state index contributed by atoms with van der Waals surface area (Å²) in [5, 5.41) is 14.1. The Bertz CT molecular complexity index is 4000. The predicted molar refractivity (Wildman–Crippen MR) is 373 cm³/mol. The normalized spacial score (nSPS) is 16.3. The average Bonchev–Trinajstić information content (AvgIpc) is 1.55. The third-order valence-electron chi connectivity index (χ3n) is 14.7. The zero-order valence-electron chi connectivity index (χ0n) is 50.8. The monoisotopic (exact) mass is 1750 g/mol. The zero-order valence-corrected chi connectivity index (χ0v) is 74.0. The van der Waals surface area contributed by atoms with Gasteiger partial charge in [-0.15, -0.1) is 22.7 Å². The Labute approximate surface area is 671 Å². The summed E-state index contributed by atoms with van der Waals surface area (Å²) in [5.74, 6) is 1.11. The predicted octanol–water partition coefficient (Wildman–Crippen LogP) is 14.8. The van der Waals surface area contributed by atoms with Crippen molar-refractivity contribution in [3.8, 4) is 22.8 Å². The maximum absolute atomic E-state index is 14.9. The van der Waals surface area contributed by atoms with Gasteiger partial charge in [-0.3, -0.25) is 4.57 Å². The van der Waals surface area contributed by atoms with Crippen LogP contribution in [-0.4, -0.2) is 117 Å². The molecule has 12 nitrogen and oxygen atoms in total. The number of nitrogens with zero attached hydrogens (tertiary/aromatic N) is 6. The number of benzene rings is 5. The van der Waals surface area contributed by atoms with Gasteiger partial charge in [0.15, 0.2) is 0 Å². The van der Waals surface area contributed by atoms with Gasteiger partial charge in [0.1, 0.15) is 23.1 Å². The topological polar surface area (TPSA) is 160 Å². The summed E-state index contributed by atoms with van der Waals surface area (Å²) in [7, 11) is -4.66. The van der Waals surface area contributed by atoms with E-state index in [9.17, 15) is 8.78 Å². The summed E-state index contributed by atoms with van der Waals surface area (Å²) in [6, 6.07) is 27.3.